The third-order valence-corrected chi connectivity index (χ3v) is 3.53. The number of amides is 1. The van der Waals surface area contributed by atoms with Gasteiger partial charge in [0.15, 0.2) is 6.10 Å². The van der Waals surface area contributed by atoms with Gasteiger partial charge in [0.2, 0.25) is 0 Å². The van der Waals surface area contributed by atoms with Crippen LogP contribution in [0.2, 0.25) is 5.02 Å². The maximum absolute atomic E-state index is 12.0. The number of nitrogens with one attached hydrogen (secondary N) is 1. The zero-order chi connectivity index (χ0) is 18.4. The summed E-state index contributed by atoms with van der Waals surface area (Å²) in [5.41, 5.74) is 0.523. The Hall–Kier alpha value is -2.93. The second-order valence-electron chi connectivity index (χ2n) is 5.19. The number of nitro benzene ring substituents is 1. The van der Waals surface area contributed by atoms with Crippen LogP contribution in [0, 0.1) is 10.1 Å². The molecule has 0 radical (unpaired) electrons. The summed E-state index contributed by atoms with van der Waals surface area (Å²) in [7, 11) is 0. The predicted molar refractivity (Wildman–Crippen MR) is 92.4 cm³/mol. The molecule has 7 nitrogen and oxygen atoms in total. The molecule has 0 aliphatic rings. The summed E-state index contributed by atoms with van der Waals surface area (Å²) >= 11 is 5.83. The molecule has 1 N–H and O–H groups in total. The van der Waals surface area contributed by atoms with Crippen molar-refractivity contribution in [3.05, 3.63) is 69.2 Å². The first-order chi connectivity index (χ1) is 11.9. The number of hydrogen-bond donors (Lipinski definition) is 1. The van der Waals surface area contributed by atoms with Gasteiger partial charge in [-0.05, 0) is 25.1 Å². The van der Waals surface area contributed by atoms with Gasteiger partial charge in [0.05, 0.1) is 11.3 Å². The van der Waals surface area contributed by atoms with Gasteiger partial charge in [-0.1, -0.05) is 35.9 Å². The molecule has 1 atom stereocenters. The van der Waals surface area contributed by atoms with Crippen LogP contribution in [0.1, 0.15) is 12.5 Å². The van der Waals surface area contributed by atoms with E-state index in [1.165, 1.54) is 25.1 Å². The lowest BCUT2D eigenvalue weighted by Crippen LogP contribution is -2.30. The highest BCUT2D eigenvalue weighted by molar-refractivity contribution is 6.30. The van der Waals surface area contributed by atoms with E-state index in [-0.39, 0.29) is 17.7 Å². The summed E-state index contributed by atoms with van der Waals surface area (Å²) in [6, 6.07) is 12.4. The van der Waals surface area contributed by atoms with Crippen molar-refractivity contribution in [2.24, 2.45) is 0 Å². The number of rotatable bonds is 6. The summed E-state index contributed by atoms with van der Waals surface area (Å²) in [5.74, 6) is -1.26. The molecule has 0 aromatic heterocycles. The second-order valence-corrected chi connectivity index (χ2v) is 5.63. The summed E-state index contributed by atoms with van der Waals surface area (Å²) in [6.45, 7) is 1.41. The number of nitro groups is 1. The molecular formula is C17H15ClN2O5. The highest BCUT2D eigenvalue weighted by atomic mass is 35.5. The van der Waals surface area contributed by atoms with E-state index in [1.54, 1.807) is 30.3 Å². The molecule has 0 heterocycles. The number of hydrogen-bond acceptors (Lipinski definition) is 5. The minimum Gasteiger partial charge on any atom is -0.452 e. The molecule has 2 aromatic rings. The van der Waals surface area contributed by atoms with Crippen LogP contribution in [0.5, 0.6) is 0 Å². The molecule has 0 saturated heterocycles. The van der Waals surface area contributed by atoms with E-state index in [9.17, 15) is 19.7 Å². The standard InChI is InChI=1S/C17H15ClN2O5/c1-11(17(22)19-14-7-4-6-13(18)10-14)25-16(21)9-12-5-2-3-8-15(12)20(23)24/h2-8,10-11H,9H2,1H3,(H,19,22)/t11-/m1/s1. The maximum Gasteiger partial charge on any atom is 0.311 e. The van der Waals surface area contributed by atoms with E-state index in [4.69, 9.17) is 16.3 Å². The monoisotopic (exact) mass is 362 g/mol. The lowest BCUT2D eigenvalue weighted by molar-refractivity contribution is -0.385. The van der Waals surface area contributed by atoms with Gasteiger partial charge >= 0.3 is 5.97 Å². The maximum atomic E-state index is 12.0. The lowest BCUT2D eigenvalue weighted by atomic mass is 10.1. The van der Waals surface area contributed by atoms with E-state index in [2.05, 4.69) is 5.32 Å². The van der Waals surface area contributed by atoms with Crippen LogP contribution in [-0.2, 0) is 20.7 Å². The molecule has 0 saturated carbocycles. The van der Waals surface area contributed by atoms with Crippen molar-refractivity contribution in [3.8, 4) is 0 Å². The van der Waals surface area contributed by atoms with Gasteiger partial charge in [-0.25, -0.2) is 0 Å². The highest BCUT2D eigenvalue weighted by Gasteiger charge is 2.21. The molecule has 2 aromatic carbocycles. The Bertz CT molecular complexity index is 809. The zero-order valence-electron chi connectivity index (χ0n) is 13.3. The zero-order valence-corrected chi connectivity index (χ0v) is 14.0. The van der Waals surface area contributed by atoms with Gasteiger partial charge in [0.25, 0.3) is 11.6 Å². The summed E-state index contributed by atoms with van der Waals surface area (Å²) in [4.78, 5) is 34.4. The molecule has 0 spiro atoms. The normalized spacial score (nSPS) is 11.4. The Balaban J connectivity index is 1.96. The Morgan fingerprint density at radius 2 is 1.96 bits per heavy atom. The molecular weight excluding hydrogens is 348 g/mol. The molecule has 0 bridgehead atoms. The Kier molecular flexibility index (Phi) is 6.08. The fourth-order valence-corrected chi connectivity index (χ4v) is 2.29. The van der Waals surface area contributed by atoms with Crippen LogP contribution >= 0.6 is 11.6 Å². The number of carbonyl (C=O) groups is 2. The van der Waals surface area contributed by atoms with E-state index in [0.717, 1.165) is 0 Å². The fraction of sp³-hybridized carbons (Fsp3) is 0.176. The van der Waals surface area contributed by atoms with E-state index in [0.29, 0.717) is 10.7 Å². The van der Waals surface area contributed by atoms with Crippen LogP contribution in [0.4, 0.5) is 11.4 Å². The van der Waals surface area contributed by atoms with Gasteiger partial charge in [-0.2, -0.15) is 0 Å². The predicted octanol–water partition coefficient (Wildman–Crippen LogP) is 3.36. The first-order valence-corrected chi connectivity index (χ1v) is 7.73. The first-order valence-electron chi connectivity index (χ1n) is 7.35. The molecule has 0 unspecified atom stereocenters. The van der Waals surface area contributed by atoms with E-state index in [1.807, 2.05) is 0 Å². The minimum absolute atomic E-state index is 0.171. The Morgan fingerprint density at radius 3 is 2.64 bits per heavy atom. The molecule has 0 fully saturated rings. The van der Waals surface area contributed by atoms with Crippen LogP contribution in [0.15, 0.2) is 48.5 Å². The van der Waals surface area contributed by atoms with Crippen molar-refractivity contribution in [1.29, 1.82) is 0 Å². The van der Waals surface area contributed by atoms with Crippen molar-refractivity contribution >= 4 is 34.9 Å². The van der Waals surface area contributed by atoms with Crippen molar-refractivity contribution in [1.82, 2.24) is 0 Å². The van der Waals surface area contributed by atoms with E-state index >= 15 is 0 Å². The number of para-hydroxylation sites is 1. The molecule has 0 aliphatic carbocycles. The van der Waals surface area contributed by atoms with Crippen molar-refractivity contribution in [2.75, 3.05) is 5.32 Å². The average Bonchev–Trinajstić information content (AvgIpc) is 2.55. The van der Waals surface area contributed by atoms with Crippen molar-refractivity contribution < 1.29 is 19.2 Å². The smallest absolute Gasteiger partial charge is 0.311 e. The molecule has 0 aliphatic heterocycles. The molecule has 2 rings (SSSR count). The third-order valence-electron chi connectivity index (χ3n) is 3.29. The number of ether oxygens (including phenoxy) is 1. The topological polar surface area (TPSA) is 98.5 Å². The number of nitrogens with zero attached hydrogens (tertiary/aromatic N) is 1. The second kappa shape index (κ2) is 8.25. The van der Waals surface area contributed by atoms with Crippen LogP contribution in [0.3, 0.4) is 0 Å². The van der Waals surface area contributed by atoms with Crippen LogP contribution in [0.25, 0.3) is 0 Å². The first kappa shape index (κ1) is 18.4. The Labute approximate surface area is 148 Å². The van der Waals surface area contributed by atoms with Crippen molar-refractivity contribution in [2.45, 2.75) is 19.4 Å². The fourth-order valence-electron chi connectivity index (χ4n) is 2.10. The highest BCUT2D eigenvalue weighted by Crippen LogP contribution is 2.19. The van der Waals surface area contributed by atoms with Crippen LogP contribution < -0.4 is 5.32 Å². The third kappa shape index (κ3) is 5.29. The summed E-state index contributed by atoms with van der Waals surface area (Å²) in [5, 5.41) is 14.0. The minimum atomic E-state index is -1.06. The number of anilines is 1. The lowest BCUT2D eigenvalue weighted by Gasteiger charge is -2.13. The molecule has 1 amide bonds. The largest absolute Gasteiger partial charge is 0.452 e. The van der Waals surface area contributed by atoms with Crippen LogP contribution in [-0.4, -0.2) is 22.9 Å². The van der Waals surface area contributed by atoms with Gasteiger partial charge in [-0.15, -0.1) is 0 Å². The number of benzene rings is 2. The number of esters is 1. The van der Waals surface area contributed by atoms with Gasteiger partial charge in [0.1, 0.15) is 0 Å². The summed E-state index contributed by atoms with van der Waals surface area (Å²) < 4.78 is 5.05. The van der Waals surface area contributed by atoms with E-state index < -0.39 is 22.9 Å². The van der Waals surface area contributed by atoms with Gasteiger partial charge < -0.3 is 10.1 Å². The Morgan fingerprint density at radius 1 is 1.24 bits per heavy atom. The number of halogens is 1. The molecule has 25 heavy (non-hydrogen) atoms. The van der Waals surface area contributed by atoms with Crippen molar-refractivity contribution in [3.63, 3.8) is 0 Å². The quantitative estimate of drug-likeness (QED) is 0.482. The number of carbonyl (C=O) groups excluding carboxylic acids is 2. The van der Waals surface area contributed by atoms with Gasteiger partial charge in [-0.3, -0.25) is 19.7 Å². The average molecular weight is 363 g/mol. The molecule has 130 valence electrons. The summed E-state index contributed by atoms with van der Waals surface area (Å²) in [6.07, 6.45) is -1.36. The van der Waals surface area contributed by atoms with Gasteiger partial charge in [0, 0.05) is 22.3 Å². The SMILES string of the molecule is C[C@@H](OC(=O)Cc1ccccc1[N+](=O)[O-])C(=O)Nc1cccc(Cl)c1. The molecule has 8 heteroatoms.